The maximum Gasteiger partial charge on any atom is 0.410 e. The number of likely N-dealkylation sites (tertiary alicyclic amines) is 2. The molecule has 4 aliphatic rings. The van der Waals surface area contributed by atoms with Crippen molar-refractivity contribution in [1.82, 2.24) is 28.7 Å². The van der Waals surface area contributed by atoms with Gasteiger partial charge in [-0.25, -0.2) is 31.9 Å². The normalized spacial score (nSPS) is 16.9. The van der Waals surface area contributed by atoms with E-state index in [0.717, 1.165) is 78.5 Å². The third-order valence-corrected chi connectivity index (χ3v) is 18.3. The number of rotatable bonds is 12. The molecule has 2 amide bonds. The van der Waals surface area contributed by atoms with Gasteiger partial charge in [-0.05, 0) is 160 Å². The third kappa shape index (κ3) is 14.3. The molecule has 478 valence electrons. The van der Waals surface area contributed by atoms with Crippen LogP contribution >= 0.6 is 0 Å². The Morgan fingerprint density at radius 1 is 0.559 bits per heavy atom. The Balaban J connectivity index is 0.000000182. The van der Waals surface area contributed by atoms with Crippen LogP contribution in [0.15, 0.2) is 157 Å². The zero-order valence-corrected chi connectivity index (χ0v) is 53.8. The molecule has 1 N–H and O–H groups in total. The van der Waals surface area contributed by atoms with Crippen molar-refractivity contribution in [2.75, 3.05) is 88.6 Å². The third-order valence-electron chi connectivity index (χ3n) is 16.6. The van der Waals surface area contributed by atoms with Crippen LogP contribution in [0.25, 0.3) is 66.8 Å². The Kier molecular flexibility index (Phi) is 18.2. The van der Waals surface area contributed by atoms with Gasteiger partial charge in [0.2, 0.25) is 0 Å². The van der Waals surface area contributed by atoms with Crippen LogP contribution in [-0.2, 0) is 29.0 Å². The molecule has 4 saturated heterocycles. The molecule has 0 saturated carbocycles. The number of amides is 2. The van der Waals surface area contributed by atoms with Crippen molar-refractivity contribution in [2.45, 2.75) is 82.7 Å². The number of hydrogen-bond donors (Lipinski definition) is 1. The number of aromatic nitrogens is 4. The highest BCUT2D eigenvalue weighted by Crippen LogP contribution is 2.40. The number of H-pyrrole nitrogens is 1. The minimum atomic E-state index is -4.07. The van der Waals surface area contributed by atoms with E-state index in [2.05, 4.69) is 67.2 Å². The van der Waals surface area contributed by atoms with Gasteiger partial charge in [0.15, 0.2) is 5.65 Å². The number of hydrogen-bond acceptors (Lipinski definition) is 16. The first-order valence-electron chi connectivity index (χ1n) is 31.3. The maximum absolute atomic E-state index is 14.3. The minimum absolute atomic E-state index is 0.145. The van der Waals surface area contributed by atoms with E-state index in [9.17, 15) is 28.5 Å². The van der Waals surface area contributed by atoms with Gasteiger partial charge in [-0.15, -0.1) is 0 Å². The molecular weight excluding hydrogens is 1200 g/mol. The summed E-state index contributed by atoms with van der Waals surface area (Å²) in [5.41, 5.74) is 9.46. The summed E-state index contributed by atoms with van der Waals surface area (Å²) in [6.45, 7) is 19.1. The standard InChI is InChI=1S/C39H39N5O6S.C33H35N5O4/c1-39(2,3)50-38(45)43-18-16-31(26-43)49-36-14-11-28(23-29(36)25-40)33-15-17-41-37-34(33)24-35(44(37)51(46,47)32-7-5-4-6-8-32)27-9-12-30(13-10-27)42-19-21-48-22-20-42;1-33(2,3)42-32(39)38-13-11-26(21-38)41-30-9-6-23(18-24(30)20-34)27-10-12-35-31-28(27)19-29(36-31)22-4-7-25(8-5-22)37-14-16-40-17-15-37/h4-15,17,23-24,31H,16,18-22,26H2,1-3H3;4-10,12,18-19,26H,11,13-17,21H2,1-3H3,(H,35,36)/t31-;26-/m11/s1. The molecule has 0 bridgehead atoms. The molecule has 9 aromatic rings. The smallest absolute Gasteiger partial charge is 0.410 e. The van der Waals surface area contributed by atoms with Gasteiger partial charge < -0.3 is 53.0 Å². The van der Waals surface area contributed by atoms with Gasteiger partial charge in [0.1, 0.15) is 52.7 Å². The molecule has 93 heavy (non-hydrogen) atoms. The Morgan fingerprint density at radius 3 is 1.53 bits per heavy atom. The minimum Gasteiger partial charge on any atom is -0.487 e. The van der Waals surface area contributed by atoms with Crippen molar-refractivity contribution in [3.63, 3.8) is 0 Å². The summed E-state index contributed by atoms with van der Waals surface area (Å²) in [7, 11) is -4.07. The molecule has 4 aromatic heterocycles. The van der Waals surface area contributed by atoms with Crippen LogP contribution in [0.5, 0.6) is 11.5 Å². The topological polar surface area (TPSA) is 231 Å². The van der Waals surface area contributed by atoms with Crippen molar-refractivity contribution in [3.8, 4) is 68.4 Å². The van der Waals surface area contributed by atoms with Gasteiger partial charge in [-0.3, -0.25) is 0 Å². The second-order valence-electron chi connectivity index (χ2n) is 25.4. The lowest BCUT2D eigenvalue weighted by Crippen LogP contribution is -2.36. The van der Waals surface area contributed by atoms with Crippen LogP contribution in [0.2, 0.25) is 0 Å². The van der Waals surface area contributed by atoms with Gasteiger partial charge in [0.05, 0.1) is 61.2 Å². The average Bonchev–Trinajstić information content (AvgIpc) is 1.62. The zero-order chi connectivity index (χ0) is 65.0. The molecule has 21 heteroatoms. The second-order valence-corrected chi connectivity index (χ2v) is 27.1. The van der Waals surface area contributed by atoms with Gasteiger partial charge in [-0.2, -0.15) is 10.5 Å². The quantitative estimate of drug-likeness (QED) is 0.120. The Hall–Kier alpha value is -9.93. The lowest BCUT2D eigenvalue weighted by atomic mass is 10.0. The van der Waals surface area contributed by atoms with Crippen molar-refractivity contribution in [1.29, 1.82) is 10.5 Å². The molecule has 8 heterocycles. The molecule has 0 radical (unpaired) electrons. The Bertz CT molecular complexity index is 4400. The van der Waals surface area contributed by atoms with Gasteiger partial charge in [0.25, 0.3) is 10.0 Å². The summed E-state index contributed by atoms with van der Waals surface area (Å²) in [6.07, 6.45) is 3.42. The van der Waals surface area contributed by atoms with Crippen molar-refractivity contribution in [2.24, 2.45) is 0 Å². The summed E-state index contributed by atoms with van der Waals surface area (Å²) in [5.74, 6) is 0.922. The maximum atomic E-state index is 14.3. The number of anilines is 2. The first-order chi connectivity index (χ1) is 44.8. The molecule has 20 nitrogen and oxygen atoms in total. The predicted octanol–water partition coefficient (Wildman–Crippen LogP) is 12.7. The van der Waals surface area contributed by atoms with E-state index in [0.29, 0.717) is 103 Å². The largest absolute Gasteiger partial charge is 0.487 e. The number of fused-ring (bicyclic) bond motifs is 2. The summed E-state index contributed by atoms with van der Waals surface area (Å²) < 4.78 is 64.4. The summed E-state index contributed by atoms with van der Waals surface area (Å²) in [5, 5.41) is 21.7. The van der Waals surface area contributed by atoms with Crippen molar-refractivity contribution >= 4 is 55.7 Å². The highest BCUT2D eigenvalue weighted by atomic mass is 32.2. The van der Waals surface area contributed by atoms with Crippen LogP contribution in [0, 0.1) is 22.7 Å². The van der Waals surface area contributed by atoms with Crippen LogP contribution in [0.4, 0.5) is 21.0 Å². The fourth-order valence-corrected chi connectivity index (χ4v) is 13.5. The van der Waals surface area contributed by atoms with E-state index in [-0.39, 0.29) is 34.9 Å². The van der Waals surface area contributed by atoms with Crippen LogP contribution in [-0.4, -0.2) is 152 Å². The highest BCUT2D eigenvalue weighted by Gasteiger charge is 2.34. The van der Waals surface area contributed by atoms with Gasteiger partial charge in [0, 0.05) is 92.3 Å². The van der Waals surface area contributed by atoms with Crippen LogP contribution in [0.3, 0.4) is 0 Å². The van der Waals surface area contributed by atoms with Crippen molar-refractivity contribution in [3.05, 3.63) is 163 Å². The SMILES string of the molecule is CC(C)(C)OC(=O)N1CC[C@@H](Oc2ccc(-c3ccnc4[nH]c(-c5ccc(N6CCOCC6)cc5)cc34)cc2C#N)C1.CC(C)(C)OC(=O)N1CC[C@@H](Oc2ccc(-c3ccnc4c3cc(-c3ccc(N5CCOCC5)cc3)n4S(=O)(=O)c3ccccc3)cc2C#N)C1. The summed E-state index contributed by atoms with van der Waals surface area (Å²) >= 11 is 0. The number of aromatic amines is 1. The highest BCUT2D eigenvalue weighted by molar-refractivity contribution is 7.90. The van der Waals surface area contributed by atoms with Gasteiger partial charge >= 0.3 is 12.2 Å². The average molecular weight is 1270 g/mol. The number of ether oxygens (including phenoxy) is 6. The zero-order valence-electron chi connectivity index (χ0n) is 53.0. The number of nitrogens with one attached hydrogen (secondary N) is 1. The summed E-state index contributed by atoms with van der Waals surface area (Å²) in [6, 6.07) is 48.0. The Labute approximate surface area is 541 Å². The molecule has 4 fully saturated rings. The molecule has 13 rings (SSSR count). The van der Waals surface area contributed by atoms with Crippen LogP contribution < -0.4 is 19.3 Å². The molecule has 0 spiro atoms. The fourth-order valence-electron chi connectivity index (χ4n) is 12.0. The number of morpholine rings is 2. The summed E-state index contributed by atoms with van der Waals surface area (Å²) in [4.78, 5) is 45.6. The Morgan fingerprint density at radius 2 is 1.03 bits per heavy atom. The lowest BCUT2D eigenvalue weighted by Gasteiger charge is -2.28. The van der Waals surface area contributed by atoms with Crippen LogP contribution in [0.1, 0.15) is 65.5 Å². The number of nitrogens with zero attached hydrogens (tertiary/aromatic N) is 9. The second kappa shape index (κ2) is 26.7. The fraction of sp³-hybridized carbons (Fsp3) is 0.333. The predicted molar refractivity (Wildman–Crippen MR) is 356 cm³/mol. The van der Waals surface area contributed by atoms with Crippen molar-refractivity contribution < 1.29 is 46.4 Å². The van der Waals surface area contributed by atoms with E-state index >= 15 is 0 Å². The van der Waals surface area contributed by atoms with E-state index < -0.39 is 21.2 Å². The van der Waals surface area contributed by atoms with Gasteiger partial charge in [-0.1, -0.05) is 54.6 Å². The number of pyridine rings is 2. The van der Waals surface area contributed by atoms with E-state index in [4.69, 9.17) is 28.4 Å². The molecule has 4 aliphatic heterocycles. The van der Waals surface area contributed by atoms with E-state index in [1.807, 2.05) is 108 Å². The monoisotopic (exact) mass is 1270 g/mol. The van der Waals surface area contributed by atoms with E-state index in [1.165, 1.54) is 9.66 Å². The number of carbonyl (C=O) groups is 2. The number of benzene rings is 5. The number of carbonyl (C=O) groups excluding carboxylic acids is 2. The molecule has 2 atom stereocenters. The molecule has 5 aromatic carbocycles. The first-order valence-corrected chi connectivity index (χ1v) is 32.8. The first kappa shape index (κ1) is 63.2. The molecule has 0 unspecified atom stereocenters. The number of nitriles is 2. The molecular formula is C72H74N10O10S. The molecule has 0 aliphatic carbocycles. The van der Waals surface area contributed by atoms with E-state index in [1.54, 1.807) is 64.7 Å². The lowest BCUT2D eigenvalue weighted by molar-refractivity contribution is 0.0266.